The Morgan fingerprint density at radius 1 is 1.20 bits per heavy atom. The van der Waals surface area contributed by atoms with Crippen LogP contribution in [0.15, 0.2) is 42.5 Å². The predicted octanol–water partition coefficient (Wildman–Crippen LogP) is 5.06. The smallest absolute Gasteiger partial charge is 0.346 e. The van der Waals surface area contributed by atoms with Crippen molar-refractivity contribution in [1.29, 1.82) is 0 Å². The maximum Gasteiger partial charge on any atom is 0.346 e. The lowest BCUT2D eigenvalue weighted by atomic mass is 10.0. The first-order valence-electron chi connectivity index (χ1n) is 5.78. The molecule has 100 valence electrons. The average Bonchev–Trinajstić information content (AvgIpc) is 2.79. The molecule has 0 unspecified atom stereocenters. The first-order valence-corrected chi connectivity index (χ1v) is 6.97. The highest BCUT2D eigenvalue weighted by Crippen LogP contribution is 2.40. The minimum atomic E-state index is -1.03. The van der Waals surface area contributed by atoms with Gasteiger partial charge in [-0.25, -0.2) is 9.18 Å². The molecule has 3 rings (SSSR count). The minimum absolute atomic E-state index is 0.00435. The third kappa shape index (κ3) is 2.07. The van der Waals surface area contributed by atoms with Crippen LogP contribution in [0.2, 0.25) is 5.02 Å². The molecule has 0 amide bonds. The second kappa shape index (κ2) is 4.89. The van der Waals surface area contributed by atoms with E-state index in [0.717, 1.165) is 16.9 Å². The SMILES string of the molecule is O=C(O)c1sc2cc(Cl)c(F)cc2c1-c1ccccc1. The first-order chi connectivity index (χ1) is 9.58. The zero-order valence-electron chi connectivity index (χ0n) is 10.1. The lowest BCUT2D eigenvalue weighted by Crippen LogP contribution is -1.94. The predicted molar refractivity (Wildman–Crippen MR) is 79.2 cm³/mol. The Bertz CT molecular complexity index is 812. The summed E-state index contributed by atoms with van der Waals surface area (Å²) in [6, 6.07) is 11.9. The minimum Gasteiger partial charge on any atom is -0.477 e. The molecule has 0 aliphatic rings. The Labute approximate surface area is 123 Å². The third-order valence-electron chi connectivity index (χ3n) is 2.99. The van der Waals surface area contributed by atoms with Crippen molar-refractivity contribution in [2.45, 2.75) is 0 Å². The van der Waals surface area contributed by atoms with Crippen molar-refractivity contribution in [2.75, 3.05) is 0 Å². The molecule has 0 saturated carbocycles. The Morgan fingerprint density at radius 3 is 2.55 bits per heavy atom. The van der Waals surface area contributed by atoms with Crippen LogP contribution in [-0.2, 0) is 0 Å². The summed E-state index contributed by atoms with van der Waals surface area (Å²) in [5.41, 5.74) is 1.28. The molecule has 0 bridgehead atoms. The molecule has 0 fully saturated rings. The number of rotatable bonds is 2. The van der Waals surface area contributed by atoms with Crippen LogP contribution in [0.1, 0.15) is 9.67 Å². The number of thiophene rings is 1. The van der Waals surface area contributed by atoms with Gasteiger partial charge in [-0.05, 0) is 17.7 Å². The highest BCUT2D eigenvalue weighted by molar-refractivity contribution is 7.21. The van der Waals surface area contributed by atoms with E-state index in [4.69, 9.17) is 11.6 Å². The normalized spacial score (nSPS) is 10.9. The van der Waals surface area contributed by atoms with Crippen molar-refractivity contribution in [3.05, 3.63) is 58.2 Å². The molecule has 3 aromatic rings. The lowest BCUT2D eigenvalue weighted by Gasteiger charge is -2.02. The van der Waals surface area contributed by atoms with Crippen LogP contribution in [0, 0.1) is 5.82 Å². The van der Waals surface area contributed by atoms with E-state index >= 15 is 0 Å². The summed E-state index contributed by atoms with van der Waals surface area (Å²) < 4.78 is 14.3. The summed E-state index contributed by atoms with van der Waals surface area (Å²) in [5, 5.41) is 9.92. The molecule has 0 atom stereocenters. The van der Waals surface area contributed by atoms with Crippen LogP contribution in [0.4, 0.5) is 4.39 Å². The van der Waals surface area contributed by atoms with Crippen LogP contribution >= 0.6 is 22.9 Å². The Kier molecular flexibility index (Phi) is 3.20. The van der Waals surface area contributed by atoms with Crippen LogP contribution in [-0.4, -0.2) is 11.1 Å². The van der Waals surface area contributed by atoms with Crippen molar-refractivity contribution in [2.24, 2.45) is 0 Å². The summed E-state index contributed by atoms with van der Waals surface area (Å²) in [6.45, 7) is 0. The van der Waals surface area contributed by atoms with Gasteiger partial charge in [-0.1, -0.05) is 41.9 Å². The molecule has 0 spiro atoms. The third-order valence-corrected chi connectivity index (χ3v) is 4.42. The van der Waals surface area contributed by atoms with E-state index in [2.05, 4.69) is 0 Å². The molecule has 20 heavy (non-hydrogen) atoms. The van der Waals surface area contributed by atoms with E-state index in [1.54, 1.807) is 12.1 Å². The fourth-order valence-electron chi connectivity index (χ4n) is 2.13. The van der Waals surface area contributed by atoms with E-state index < -0.39 is 11.8 Å². The van der Waals surface area contributed by atoms with Crippen molar-refractivity contribution in [3.63, 3.8) is 0 Å². The molecular weight excluding hydrogens is 299 g/mol. The number of hydrogen-bond acceptors (Lipinski definition) is 2. The summed E-state index contributed by atoms with van der Waals surface area (Å²) >= 11 is 6.86. The molecule has 0 aliphatic heterocycles. The molecule has 2 aromatic carbocycles. The lowest BCUT2D eigenvalue weighted by molar-refractivity contribution is 0.0703. The number of fused-ring (bicyclic) bond motifs is 1. The molecule has 0 saturated heterocycles. The maximum absolute atomic E-state index is 13.7. The van der Waals surface area contributed by atoms with Crippen molar-refractivity contribution in [1.82, 2.24) is 0 Å². The molecule has 2 nitrogen and oxygen atoms in total. The van der Waals surface area contributed by atoms with Gasteiger partial charge in [0.1, 0.15) is 10.7 Å². The highest BCUT2D eigenvalue weighted by Gasteiger charge is 2.20. The standard InChI is InChI=1S/C15H8ClFO2S/c16-10-7-12-9(6-11(10)17)13(14(20-12)15(18)19)8-4-2-1-3-5-8/h1-7H,(H,18,19). The van der Waals surface area contributed by atoms with Gasteiger partial charge < -0.3 is 5.11 Å². The first kappa shape index (κ1) is 13.1. The van der Waals surface area contributed by atoms with Gasteiger partial charge in [0.15, 0.2) is 0 Å². The fourth-order valence-corrected chi connectivity index (χ4v) is 3.45. The van der Waals surface area contributed by atoms with Gasteiger partial charge in [0.25, 0.3) is 0 Å². The molecular formula is C15H8ClFO2S. The van der Waals surface area contributed by atoms with Crippen molar-refractivity contribution in [3.8, 4) is 11.1 Å². The molecule has 0 aliphatic carbocycles. The van der Waals surface area contributed by atoms with Crippen LogP contribution in [0.5, 0.6) is 0 Å². The van der Waals surface area contributed by atoms with E-state index in [9.17, 15) is 14.3 Å². The maximum atomic E-state index is 13.7. The second-order valence-corrected chi connectivity index (χ2v) is 5.70. The Balaban J connectivity index is 2.41. The summed E-state index contributed by atoms with van der Waals surface area (Å²) in [5.74, 6) is -1.58. The van der Waals surface area contributed by atoms with Gasteiger partial charge in [0, 0.05) is 15.6 Å². The quantitative estimate of drug-likeness (QED) is 0.718. The van der Waals surface area contributed by atoms with E-state index in [1.165, 1.54) is 12.1 Å². The number of carboxylic acids is 1. The number of halogens is 2. The van der Waals surface area contributed by atoms with Crippen LogP contribution < -0.4 is 0 Å². The van der Waals surface area contributed by atoms with E-state index in [0.29, 0.717) is 15.6 Å². The van der Waals surface area contributed by atoms with E-state index in [1.807, 2.05) is 18.2 Å². The Morgan fingerprint density at radius 2 is 1.90 bits per heavy atom. The van der Waals surface area contributed by atoms with Gasteiger partial charge in [-0.15, -0.1) is 11.3 Å². The Hall–Kier alpha value is -1.91. The largest absolute Gasteiger partial charge is 0.477 e. The van der Waals surface area contributed by atoms with E-state index in [-0.39, 0.29) is 9.90 Å². The summed E-state index contributed by atoms with van der Waals surface area (Å²) in [4.78, 5) is 11.6. The highest BCUT2D eigenvalue weighted by atomic mass is 35.5. The molecule has 5 heteroatoms. The number of benzene rings is 2. The molecule has 0 radical (unpaired) electrons. The van der Waals surface area contributed by atoms with Gasteiger partial charge in [0.2, 0.25) is 0 Å². The number of carboxylic acid groups (broad SMARTS) is 1. The zero-order valence-corrected chi connectivity index (χ0v) is 11.6. The number of hydrogen-bond donors (Lipinski definition) is 1. The van der Waals surface area contributed by atoms with Crippen molar-refractivity contribution < 1.29 is 14.3 Å². The van der Waals surface area contributed by atoms with Crippen molar-refractivity contribution >= 4 is 39.0 Å². The monoisotopic (exact) mass is 306 g/mol. The number of aromatic carboxylic acids is 1. The van der Waals surface area contributed by atoms with Crippen LogP contribution in [0.3, 0.4) is 0 Å². The fraction of sp³-hybridized carbons (Fsp3) is 0. The van der Waals surface area contributed by atoms with Gasteiger partial charge in [0.05, 0.1) is 5.02 Å². The molecule has 1 N–H and O–H groups in total. The second-order valence-electron chi connectivity index (χ2n) is 4.24. The van der Waals surface area contributed by atoms with Gasteiger partial charge in [-0.3, -0.25) is 0 Å². The molecule has 1 aromatic heterocycles. The van der Waals surface area contributed by atoms with Gasteiger partial charge in [-0.2, -0.15) is 0 Å². The van der Waals surface area contributed by atoms with Gasteiger partial charge >= 0.3 is 5.97 Å². The zero-order chi connectivity index (χ0) is 14.3. The number of carbonyl (C=O) groups is 1. The summed E-state index contributed by atoms with van der Waals surface area (Å²) in [6.07, 6.45) is 0. The average molecular weight is 307 g/mol. The topological polar surface area (TPSA) is 37.3 Å². The van der Waals surface area contributed by atoms with Crippen LogP contribution in [0.25, 0.3) is 21.2 Å². The summed E-state index contributed by atoms with van der Waals surface area (Å²) in [7, 11) is 0. The molecule has 1 heterocycles.